The molecule has 2 aromatic carbocycles. The van der Waals surface area contributed by atoms with Gasteiger partial charge in [0.25, 0.3) is 11.8 Å². The van der Waals surface area contributed by atoms with Crippen LogP contribution in [-0.2, 0) is 0 Å². The van der Waals surface area contributed by atoms with Gasteiger partial charge in [-0.05, 0) is 38.1 Å². The van der Waals surface area contributed by atoms with Crippen molar-refractivity contribution in [1.29, 1.82) is 0 Å². The molecule has 0 saturated carbocycles. The molecular weight excluding hydrogens is 276 g/mol. The molecule has 4 heteroatoms. The smallest absolute Gasteiger partial charge is 0.263 e. The summed E-state index contributed by atoms with van der Waals surface area (Å²) < 4.78 is 0. The van der Waals surface area contributed by atoms with Gasteiger partial charge in [-0.25, -0.2) is 0 Å². The molecule has 112 valence electrons. The number of benzene rings is 2. The Kier molecular flexibility index (Phi) is 3.67. The van der Waals surface area contributed by atoms with Gasteiger partial charge in [-0.15, -0.1) is 0 Å². The van der Waals surface area contributed by atoms with Crippen LogP contribution in [0, 0.1) is 6.92 Å². The first-order valence-electron chi connectivity index (χ1n) is 7.38. The Hall–Kier alpha value is -2.62. The van der Waals surface area contributed by atoms with Gasteiger partial charge in [-0.1, -0.05) is 29.8 Å². The van der Waals surface area contributed by atoms with Crippen LogP contribution in [0.1, 0.15) is 33.2 Å². The molecule has 0 atom stereocenters. The Morgan fingerprint density at radius 3 is 1.95 bits per heavy atom. The summed E-state index contributed by atoms with van der Waals surface area (Å²) in [4.78, 5) is 28.2. The predicted octanol–water partition coefficient (Wildman–Crippen LogP) is 3.08. The van der Waals surface area contributed by atoms with Crippen molar-refractivity contribution < 1.29 is 9.59 Å². The number of carbonyl (C=O) groups excluding carboxylic acids is 2. The van der Waals surface area contributed by atoms with Crippen molar-refractivity contribution in [2.45, 2.75) is 13.8 Å². The number of rotatable bonds is 4. The van der Waals surface area contributed by atoms with Crippen LogP contribution >= 0.6 is 0 Å². The molecule has 0 saturated heterocycles. The molecular formula is C18H18N2O2. The second-order valence-electron chi connectivity index (χ2n) is 5.42. The zero-order valence-corrected chi connectivity index (χ0v) is 12.7. The van der Waals surface area contributed by atoms with Crippen molar-refractivity contribution in [1.82, 2.24) is 4.90 Å². The van der Waals surface area contributed by atoms with Gasteiger partial charge in [0.15, 0.2) is 0 Å². The number of hydrogen-bond donors (Lipinski definition) is 0. The Morgan fingerprint density at radius 1 is 0.909 bits per heavy atom. The second-order valence-corrected chi connectivity index (χ2v) is 5.42. The van der Waals surface area contributed by atoms with Gasteiger partial charge in [0.05, 0.1) is 11.1 Å². The second kappa shape index (κ2) is 5.64. The molecule has 0 aromatic heterocycles. The Morgan fingerprint density at radius 2 is 1.45 bits per heavy atom. The molecule has 4 nitrogen and oxygen atoms in total. The van der Waals surface area contributed by atoms with Crippen LogP contribution in [-0.4, -0.2) is 29.9 Å². The third kappa shape index (κ3) is 2.37. The van der Waals surface area contributed by atoms with Gasteiger partial charge in [0.2, 0.25) is 0 Å². The quantitative estimate of drug-likeness (QED) is 0.814. The van der Waals surface area contributed by atoms with Gasteiger partial charge in [0.1, 0.15) is 6.67 Å². The molecule has 0 unspecified atom stereocenters. The van der Waals surface area contributed by atoms with E-state index in [1.54, 1.807) is 24.3 Å². The number of imide groups is 1. The number of aryl methyl sites for hydroxylation is 1. The summed E-state index contributed by atoms with van der Waals surface area (Å²) in [5.74, 6) is -0.433. The number of hydrogen-bond acceptors (Lipinski definition) is 3. The predicted molar refractivity (Wildman–Crippen MR) is 86.0 cm³/mol. The van der Waals surface area contributed by atoms with Crippen molar-refractivity contribution in [2.24, 2.45) is 0 Å². The molecule has 0 bridgehead atoms. The van der Waals surface area contributed by atoms with Gasteiger partial charge in [-0.2, -0.15) is 0 Å². The van der Waals surface area contributed by atoms with E-state index in [1.807, 2.05) is 43.0 Å². The van der Waals surface area contributed by atoms with Crippen LogP contribution in [0.5, 0.6) is 0 Å². The number of anilines is 1. The molecule has 22 heavy (non-hydrogen) atoms. The van der Waals surface area contributed by atoms with E-state index in [1.165, 1.54) is 10.5 Å². The van der Waals surface area contributed by atoms with Gasteiger partial charge < -0.3 is 4.90 Å². The normalized spacial score (nSPS) is 13.5. The van der Waals surface area contributed by atoms with Gasteiger partial charge >= 0.3 is 0 Å². The van der Waals surface area contributed by atoms with Crippen LogP contribution in [0.15, 0.2) is 48.5 Å². The van der Waals surface area contributed by atoms with Gasteiger partial charge in [0, 0.05) is 12.2 Å². The number of carbonyl (C=O) groups is 2. The minimum atomic E-state index is -0.217. The summed E-state index contributed by atoms with van der Waals surface area (Å²) in [6.07, 6.45) is 0. The fourth-order valence-corrected chi connectivity index (χ4v) is 2.66. The van der Waals surface area contributed by atoms with Crippen LogP contribution < -0.4 is 4.90 Å². The molecule has 0 N–H and O–H groups in total. The van der Waals surface area contributed by atoms with E-state index >= 15 is 0 Å². The highest BCUT2D eigenvalue weighted by Crippen LogP contribution is 2.24. The summed E-state index contributed by atoms with van der Waals surface area (Å²) >= 11 is 0. The molecule has 1 aliphatic heterocycles. The molecule has 2 aromatic rings. The van der Waals surface area contributed by atoms with E-state index in [0.717, 1.165) is 12.2 Å². The average molecular weight is 294 g/mol. The zero-order valence-electron chi connectivity index (χ0n) is 12.7. The van der Waals surface area contributed by atoms with Crippen molar-refractivity contribution >= 4 is 17.5 Å². The summed E-state index contributed by atoms with van der Waals surface area (Å²) in [5, 5.41) is 0. The lowest BCUT2D eigenvalue weighted by Crippen LogP contribution is -2.41. The zero-order chi connectivity index (χ0) is 15.7. The van der Waals surface area contributed by atoms with Crippen molar-refractivity contribution in [3.8, 4) is 0 Å². The minimum absolute atomic E-state index is 0.217. The number of nitrogens with zero attached hydrogens (tertiary/aromatic N) is 2. The van der Waals surface area contributed by atoms with E-state index in [-0.39, 0.29) is 18.5 Å². The molecule has 0 radical (unpaired) electrons. The van der Waals surface area contributed by atoms with Crippen LogP contribution in [0.25, 0.3) is 0 Å². The van der Waals surface area contributed by atoms with Crippen molar-refractivity contribution in [3.05, 3.63) is 65.2 Å². The van der Waals surface area contributed by atoms with Crippen molar-refractivity contribution in [2.75, 3.05) is 18.1 Å². The molecule has 2 amide bonds. The fourth-order valence-electron chi connectivity index (χ4n) is 2.66. The maximum Gasteiger partial charge on any atom is 0.263 e. The Labute approximate surface area is 130 Å². The molecule has 1 aliphatic rings. The van der Waals surface area contributed by atoms with E-state index in [4.69, 9.17) is 0 Å². The summed E-state index contributed by atoms with van der Waals surface area (Å²) in [6, 6.07) is 15.1. The SMILES string of the molecule is CCN(CN1C(=O)c2ccccc2C1=O)c1ccc(C)cc1. The summed E-state index contributed by atoms with van der Waals surface area (Å²) in [6.45, 7) is 5.03. The molecule has 0 spiro atoms. The molecule has 1 heterocycles. The largest absolute Gasteiger partial charge is 0.354 e. The Balaban J connectivity index is 1.85. The van der Waals surface area contributed by atoms with Crippen LogP contribution in [0.2, 0.25) is 0 Å². The van der Waals surface area contributed by atoms with Gasteiger partial charge in [-0.3, -0.25) is 14.5 Å². The molecule has 0 aliphatic carbocycles. The molecule has 3 rings (SSSR count). The third-order valence-corrected chi connectivity index (χ3v) is 3.97. The highest BCUT2D eigenvalue weighted by molar-refractivity contribution is 6.21. The lowest BCUT2D eigenvalue weighted by Gasteiger charge is -2.27. The van der Waals surface area contributed by atoms with E-state index in [2.05, 4.69) is 0 Å². The van der Waals surface area contributed by atoms with Crippen LogP contribution in [0.3, 0.4) is 0 Å². The minimum Gasteiger partial charge on any atom is -0.354 e. The Bertz CT molecular complexity index is 687. The topological polar surface area (TPSA) is 40.6 Å². The molecule has 0 fully saturated rings. The maximum absolute atomic E-state index is 12.4. The van der Waals surface area contributed by atoms with E-state index in [9.17, 15) is 9.59 Å². The standard InChI is InChI=1S/C18H18N2O2/c1-3-19(14-10-8-13(2)9-11-14)12-20-17(21)15-6-4-5-7-16(15)18(20)22/h4-11H,3,12H2,1-2H3. The summed E-state index contributed by atoms with van der Waals surface area (Å²) in [5.41, 5.74) is 3.17. The lowest BCUT2D eigenvalue weighted by molar-refractivity contribution is 0.0654. The first-order chi connectivity index (χ1) is 10.6. The highest BCUT2D eigenvalue weighted by Gasteiger charge is 2.35. The van der Waals surface area contributed by atoms with Crippen molar-refractivity contribution in [3.63, 3.8) is 0 Å². The van der Waals surface area contributed by atoms with Crippen LogP contribution in [0.4, 0.5) is 5.69 Å². The average Bonchev–Trinajstić information content (AvgIpc) is 2.78. The fraction of sp³-hybridized carbons (Fsp3) is 0.222. The highest BCUT2D eigenvalue weighted by atomic mass is 16.2. The number of fused-ring (bicyclic) bond motifs is 1. The first-order valence-corrected chi connectivity index (χ1v) is 7.38. The third-order valence-electron chi connectivity index (χ3n) is 3.97. The lowest BCUT2D eigenvalue weighted by atomic mass is 10.1. The first kappa shape index (κ1) is 14.3. The van der Waals surface area contributed by atoms with E-state index < -0.39 is 0 Å². The summed E-state index contributed by atoms with van der Waals surface area (Å²) in [7, 11) is 0. The maximum atomic E-state index is 12.4. The number of amides is 2. The monoisotopic (exact) mass is 294 g/mol. The van der Waals surface area contributed by atoms with E-state index in [0.29, 0.717) is 11.1 Å².